The van der Waals surface area contributed by atoms with Crippen LogP contribution >= 0.6 is 0 Å². The monoisotopic (exact) mass is 293 g/mol. The van der Waals surface area contributed by atoms with Crippen LogP contribution in [0.1, 0.15) is 50.2 Å². The summed E-state index contributed by atoms with van der Waals surface area (Å²) in [6.45, 7) is 2.85. The number of nitrogens with two attached hydrogens (primary N) is 1. The first-order valence-corrected chi connectivity index (χ1v) is 7.63. The van der Waals surface area contributed by atoms with Crippen molar-refractivity contribution < 1.29 is 9.60 Å². The van der Waals surface area contributed by atoms with Crippen molar-refractivity contribution in [2.45, 2.75) is 51.6 Å². The molecule has 0 radical (unpaired) electrons. The lowest BCUT2D eigenvalue weighted by Crippen LogP contribution is -2.32. The first-order valence-electron chi connectivity index (χ1n) is 7.63. The number of rotatable bonds is 5. The maximum atomic E-state index is 13.6. The standard InChI is InChI=1S/C16H24FN3O/c1-2-11-3-5-15(6-4-11)19-10-12-7-13(16(18)20-21)9-14(17)8-12/h7-9,11,15,19,21H,2-6,10H2,1H3,(H2,18,20). The summed E-state index contributed by atoms with van der Waals surface area (Å²) in [4.78, 5) is 0. The van der Waals surface area contributed by atoms with Crippen molar-refractivity contribution in [2.24, 2.45) is 16.8 Å². The smallest absolute Gasteiger partial charge is 0.170 e. The minimum absolute atomic E-state index is 0.0702. The number of nitrogens with zero attached hydrogens (tertiary/aromatic N) is 1. The Morgan fingerprint density at radius 2 is 2.05 bits per heavy atom. The Morgan fingerprint density at radius 3 is 2.67 bits per heavy atom. The number of oxime groups is 1. The molecule has 0 aliphatic heterocycles. The van der Waals surface area contributed by atoms with E-state index in [4.69, 9.17) is 10.9 Å². The van der Waals surface area contributed by atoms with Crippen molar-refractivity contribution in [3.8, 4) is 0 Å². The quantitative estimate of drug-likeness (QED) is 0.338. The second-order valence-corrected chi connectivity index (χ2v) is 5.84. The minimum atomic E-state index is -0.370. The van der Waals surface area contributed by atoms with Crippen molar-refractivity contribution >= 4 is 5.84 Å². The summed E-state index contributed by atoms with van der Waals surface area (Å²) in [6.07, 6.45) is 6.17. The second-order valence-electron chi connectivity index (χ2n) is 5.84. The predicted molar refractivity (Wildman–Crippen MR) is 81.8 cm³/mol. The molecule has 116 valence electrons. The molecule has 0 aromatic heterocycles. The molecule has 0 spiro atoms. The molecule has 1 aliphatic rings. The number of hydrogen-bond acceptors (Lipinski definition) is 3. The minimum Gasteiger partial charge on any atom is -0.409 e. The van der Waals surface area contributed by atoms with E-state index in [0.29, 0.717) is 18.2 Å². The molecular formula is C16H24FN3O. The van der Waals surface area contributed by atoms with Crippen LogP contribution in [0.3, 0.4) is 0 Å². The molecule has 1 saturated carbocycles. The molecule has 1 aromatic carbocycles. The van der Waals surface area contributed by atoms with Gasteiger partial charge in [-0.1, -0.05) is 18.5 Å². The van der Waals surface area contributed by atoms with Crippen molar-refractivity contribution in [3.05, 3.63) is 35.1 Å². The van der Waals surface area contributed by atoms with Crippen molar-refractivity contribution in [1.82, 2.24) is 5.32 Å². The highest BCUT2D eigenvalue weighted by atomic mass is 19.1. The molecule has 1 aromatic rings. The molecular weight excluding hydrogens is 269 g/mol. The SMILES string of the molecule is CCC1CCC(NCc2cc(F)cc(/C(N)=N/O)c2)CC1. The Bertz CT molecular complexity index is 496. The van der Waals surface area contributed by atoms with Gasteiger partial charge in [-0.25, -0.2) is 4.39 Å². The van der Waals surface area contributed by atoms with Crippen LogP contribution in [0.4, 0.5) is 4.39 Å². The predicted octanol–water partition coefficient (Wildman–Crippen LogP) is 2.98. The van der Waals surface area contributed by atoms with E-state index in [1.165, 1.54) is 44.2 Å². The van der Waals surface area contributed by atoms with Crippen LogP contribution in [0.15, 0.2) is 23.4 Å². The summed E-state index contributed by atoms with van der Waals surface area (Å²) < 4.78 is 13.6. The normalized spacial score (nSPS) is 23.2. The average molecular weight is 293 g/mol. The zero-order valence-corrected chi connectivity index (χ0v) is 12.5. The third kappa shape index (κ3) is 4.43. The van der Waals surface area contributed by atoms with E-state index in [1.54, 1.807) is 6.07 Å². The Labute approximate surface area is 125 Å². The van der Waals surface area contributed by atoms with Gasteiger partial charge in [-0.3, -0.25) is 0 Å². The van der Waals surface area contributed by atoms with Gasteiger partial charge in [0, 0.05) is 18.2 Å². The number of halogens is 1. The maximum Gasteiger partial charge on any atom is 0.170 e. The third-order valence-electron chi connectivity index (χ3n) is 4.38. The Hall–Kier alpha value is -1.62. The third-order valence-corrected chi connectivity index (χ3v) is 4.38. The first kappa shape index (κ1) is 15.8. The zero-order valence-electron chi connectivity index (χ0n) is 12.5. The highest BCUT2D eigenvalue weighted by Gasteiger charge is 2.19. The Balaban J connectivity index is 1.93. The van der Waals surface area contributed by atoms with Gasteiger partial charge < -0.3 is 16.3 Å². The molecule has 0 bridgehead atoms. The number of hydrogen-bond donors (Lipinski definition) is 3. The second kappa shape index (κ2) is 7.41. The van der Waals surface area contributed by atoms with Gasteiger partial charge in [-0.2, -0.15) is 0 Å². The summed E-state index contributed by atoms with van der Waals surface area (Å²) in [5.74, 6) is 0.425. The molecule has 0 heterocycles. The van der Waals surface area contributed by atoms with Crippen LogP contribution in [0.5, 0.6) is 0 Å². The number of nitrogens with one attached hydrogen (secondary N) is 1. The number of amidine groups is 1. The Morgan fingerprint density at radius 1 is 1.33 bits per heavy atom. The van der Waals surface area contributed by atoms with Crippen LogP contribution in [0.25, 0.3) is 0 Å². The lowest BCUT2D eigenvalue weighted by Gasteiger charge is -2.28. The molecule has 5 heteroatoms. The molecule has 1 fully saturated rings. The lowest BCUT2D eigenvalue weighted by molar-refractivity contribution is 0.285. The lowest BCUT2D eigenvalue weighted by atomic mass is 9.84. The van der Waals surface area contributed by atoms with E-state index in [1.807, 2.05) is 0 Å². The van der Waals surface area contributed by atoms with Gasteiger partial charge in [-0.05, 0) is 55.4 Å². The summed E-state index contributed by atoms with van der Waals surface area (Å²) >= 11 is 0. The number of benzene rings is 1. The van der Waals surface area contributed by atoms with E-state index in [-0.39, 0.29) is 11.7 Å². The van der Waals surface area contributed by atoms with Gasteiger partial charge in [-0.15, -0.1) is 0 Å². The van der Waals surface area contributed by atoms with Gasteiger partial charge in [0.25, 0.3) is 0 Å². The fraction of sp³-hybridized carbons (Fsp3) is 0.562. The molecule has 1 aliphatic carbocycles. The van der Waals surface area contributed by atoms with Gasteiger partial charge in [0.15, 0.2) is 5.84 Å². The van der Waals surface area contributed by atoms with Gasteiger partial charge in [0.2, 0.25) is 0 Å². The molecule has 4 nitrogen and oxygen atoms in total. The van der Waals surface area contributed by atoms with Gasteiger partial charge in [0.1, 0.15) is 5.82 Å². The van der Waals surface area contributed by atoms with E-state index >= 15 is 0 Å². The highest BCUT2D eigenvalue weighted by molar-refractivity contribution is 5.97. The van der Waals surface area contributed by atoms with Crippen molar-refractivity contribution in [2.75, 3.05) is 0 Å². The van der Waals surface area contributed by atoms with E-state index in [0.717, 1.165) is 11.5 Å². The van der Waals surface area contributed by atoms with Crippen LogP contribution in [-0.4, -0.2) is 17.1 Å². The molecule has 0 atom stereocenters. The Kier molecular flexibility index (Phi) is 5.56. The highest BCUT2D eigenvalue weighted by Crippen LogP contribution is 2.26. The summed E-state index contributed by atoms with van der Waals surface area (Å²) in [5, 5.41) is 15.1. The van der Waals surface area contributed by atoms with Gasteiger partial charge in [0.05, 0.1) is 0 Å². The summed E-state index contributed by atoms with van der Waals surface area (Å²) in [6, 6.07) is 5.01. The molecule has 0 amide bonds. The van der Waals surface area contributed by atoms with E-state index in [9.17, 15) is 4.39 Å². The van der Waals surface area contributed by atoms with Crippen LogP contribution in [0.2, 0.25) is 0 Å². The fourth-order valence-corrected chi connectivity index (χ4v) is 3.00. The van der Waals surface area contributed by atoms with E-state index in [2.05, 4.69) is 17.4 Å². The molecule has 4 N–H and O–H groups in total. The largest absolute Gasteiger partial charge is 0.409 e. The van der Waals surface area contributed by atoms with Crippen LogP contribution in [-0.2, 0) is 6.54 Å². The average Bonchev–Trinajstić information content (AvgIpc) is 2.52. The molecule has 0 saturated heterocycles. The van der Waals surface area contributed by atoms with E-state index < -0.39 is 0 Å². The topological polar surface area (TPSA) is 70.6 Å². The summed E-state index contributed by atoms with van der Waals surface area (Å²) in [5.41, 5.74) is 6.74. The fourth-order valence-electron chi connectivity index (χ4n) is 3.00. The first-order chi connectivity index (χ1) is 10.1. The van der Waals surface area contributed by atoms with Crippen LogP contribution in [0, 0.1) is 11.7 Å². The molecule has 2 rings (SSSR count). The summed E-state index contributed by atoms with van der Waals surface area (Å²) in [7, 11) is 0. The zero-order chi connectivity index (χ0) is 15.2. The van der Waals surface area contributed by atoms with Gasteiger partial charge >= 0.3 is 0 Å². The van der Waals surface area contributed by atoms with Crippen molar-refractivity contribution in [1.29, 1.82) is 0 Å². The maximum absolute atomic E-state index is 13.6. The van der Waals surface area contributed by atoms with Crippen molar-refractivity contribution in [3.63, 3.8) is 0 Å². The molecule has 0 unspecified atom stereocenters. The van der Waals surface area contributed by atoms with Crippen LogP contribution < -0.4 is 11.1 Å². The molecule has 21 heavy (non-hydrogen) atoms.